The fraction of sp³-hybridized carbons (Fsp3) is 0.455. The van der Waals surface area contributed by atoms with Crippen molar-refractivity contribution in [1.82, 2.24) is 14.4 Å². The number of carbonyl (C=O) groups excluding carboxylic acids is 1. The van der Waals surface area contributed by atoms with Crippen LogP contribution in [0.25, 0.3) is 0 Å². The molecule has 1 fully saturated rings. The predicted octanol–water partition coefficient (Wildman–Crippen LogP) is 3.58. The highest BCUT2D eigenvalue weighted by atomic mass is 35.5. The first-order valence-corrected chi connectivity index (χ1v) is 10.1. The lowest BCUT2D eigenvalue weighted by Crippen LogP contribution is -2.42. The molecule has 0 bridgehead atoms. The molecule has 6 heteroatoms. The van der Waals surface area contributed by atoms with Crippen molar-refractivity contribution in [2.45, 2.75) is 19.3 Å². The Labute approximate surface area is 172 Å². The average molecular weight is 399 g/mol. The highest BCUT2D eigenvalue weighted by Gasteiger charge is 2.24. The van der Waals surface area contributed by atoms with Crippen molar-refractivity contribution in [2.75, 3.05) is 33.2 Å². The van der Waals surface area contributed by atoms with Gasteiger partial charge >= 0.3 is 0 Å². The maximum absolute atomic E-state index is 12.8. The fourth-order valence-electron chi connectivity index (χ4n) is 3.95. The minimum atomic E-state index is -0.0257. The van der Waals surface area contributed by atoms with Crippen LogP contribution >= 0.6 is 11.6 Å². The first-order valence-electron chi connectivity index (χ1n) is 9.75. The Morgan fingerprint density at radius 3 is 2.79 bits per heavy atom. The normalized spacial score (nSPS) is 17.3. The van der Waals surface area contributed by atoms with Crippen molar-refractivity contribution in [2.24, 2.45) is 13.0 Å². The molecule has 148 valence electrons. The van der Waals surface area contributed by atoms with E-state index in [1.54, 1.807) is 28.8 Å². The summed E-state index contributed by atoms with van der Waals surface area (Å²) in [6.45, 7) is 3.90. The minimum absolute atomic E-state index is 0.0257. The lowest BCUT2D eigenvalue weighted by atomic mass is 9.97. The summed E-state index contributed by atoms with van der Waals surface area (Å²) in [5, 5.41) is 9.80. The average Bonchev–Trinajstić information content (AvgIpc) is 3.08. The number of benzene rings is 1. The number of halogens is 1. The molecular formula is C22H27ClN4O. The van der Waals surface area contributed by atoms with Crippen LogP contribution in [0.1, 0.15) is 34.5 Å². The summed E-state index contributed by atoms with van der Waals surface area (Å²) in [4.78, 5) is 17.1. The molecule has 2 heterocycles. The maximum atomic E-state index is 12.8. The quantitative estimate of drug-likeness (QED) is 0.747. The number of aromatic nitrogens is 1. The molecule has 0 spiro atoms. The van der Waals surface area contributed by atoms with Gasteiger partial charge in [-0.3, -0.25) is 4.79 Å². The van der Waals surface area contributed by atoms with E-state index in [2.05, 4.69) is 23.1 Å². The van der Waals surface area contributed by atoms with Gasteiger partial charge in [-0.15, -0.1) is 0 Å². The van der Waals surface area contributed by atoms with Gasteiger partial charge < -0.3 is 14.4 Å². The van der Waals surface area contributed by atoms with E-state index in [1.807, 2.05) is 19.2 Å². The van der Waals surface area contributed by atoms with Crippen molar-refractivity contribution in [3.05, 3.63) is 58.4 Å². The Balaban J connectivity index is 1.52. The number of hydrogen-bond donors (Lipinski definition) is 0. The molecule has 0 unspecified atom stereocenters. The lowest BCUT2D eigenvalue weighted by molar-refractivity contribution is 0.0721. The number of nitrogens with zero attached hydrogens (tertiary/aromatic N) is 4. The van der Waals surface area contributed by atoms with Crippen LogP contribution in [0.15, 0.2) is 36.5 Å². The number of rotatable bonds is 6. The summed E-state index contributed by atoms with van der Waals surface area (Å²) in [6, 6.07) is 11.8. The van der Waals surface area contributed by atoms with Crippen molar-refractivity contribution in [3.63, 3.8) is 0 Å². The number of amides is 1. The van der Waals surface area contributed by atoms with Gasteiger partial charge in [0, 0.05) is 44.9 Å². The topological polar surface area (TPSA) is 52.3 Å². The highest BCUT2D eigenvalue weighted by Crippen LogP contribution is 2.19. The first kappa shape index (κ1) is 20.4. The second-order valence-corrected chi connectivity index (χ2v) is 8.14. The number of nitriles is 1. The van der Waals surface area contributed by atoms with E-state index in [4.69, 9.17) is 16.9 Å². The van der Waals surface area contributed by atoms with E-state index in [-0.39, 0.29) is 5.91 Å². The minimum Gasteiger partial charge on any atom is -0.345 e. The fourth-order valence-corrected chi connectivity index (χ4v) is 4.07. The second-order valence-electron chi connectivity index (χ2n) is 7.71. The third-order valence-electron chi connectivity index (χ3n) is 5.46. The number of likely N-dealkylation sites (tertiary alicyclic amines) is 1. The zero-order chi connectivity index (χ0) is 20.1. The molecular weight excluding hydrogens is 372 g/mol. The van der Waals surface area contributed by atoms with Crippen LogP contribution in [0, 0.1) is 17.2 Å². The summed E-state index contributed by atoms with van der Waals surface area (Å²) < 4.78 is 1.73. The van der Waals surface area contributed by atoms with Gasteiger partial charge in [-0.2, -0.15) is 5.26 Å². The molecule has 1 aromatic heterocycles. The van der Waals surface area contributed by atoms with Gasteiger partial charge in [-0.1, -0.05) is 23.7 Å². The highest BCUT2D eigenvalue weighted by molar-refractivity contribution is 6.30. The van der Waals surface area contributed by atoms with Crippen LogP contribution in [-0.2, 0) is 13.5 Å². The smallest absolute Gasteiger partial charge is 0.270 e. The van der Waals surface area contributed by atoms with Crippen LogP contribution in [0.2, 0.25) is 5.02 Å². The Kier molecular flexibility index (Phi) is 6.77. The molecule has 0 saturated carbocycles. The summed E-state index contributed by atoms with van der Waals surface area (Å²) in [6.07, 6.45) is 5.01. The summed E-state index contributed by atoms with van der Waals surface area (Å²) in [5.74, 6) is 0.450. The molecule has 5 nitrogen and oxygen atoms in total. The molecule has 3 rings (SSSR count). The Morgan fingerprint density at radius 1 is 1.36 bits per heavy atom. The van der Waals surface area contributed by atoms with Crippen LogP contribution in [0.5, 0.6) is 0 Å². The molecule has 0 radical (unpaired) electrons. The SMILES string of the molecule is CN(C[C@H]1CCCN(CCc2ccc(Cl)cc2)C1)C(=O)c1cc(C#N)cn1C. The van der Waals surface area contributed by atoms with Crippen LogP contribution in [0.3, 0.4) is 0 Å². The number of piperidine rings is 1. The van der Waals surface area contributed by atoms with Crippen LogP contribution < -0.4 is 0 Å². The molecule has 1 aromatic carbocycles. The summed E-state index contributed by atoms with van der Waals surface area (Å²) in [5.41, 5.74) is 2.38. The Hall–Kier alpha value is -2.29. The lowest BCUT2D eigenvalue weighted by Gasteiger charge is -2.34. The zero-order valence-electron chi connectivity index (χ0n) is 16.6. The molecule has 28 heavy (non-hydrogen) atoms. The van der Waals surface area contributed by atoms with Crippen LogP contribution in [0.4, 0.5) is 0 Å². The first-order chi connectivity index (χ1) is 13.5. The third kappa shape index (κ3) is 5.15. The van der Waals surface area contributed by atoms with Gasteiger partial charge in [0.15, 0.2) is 0 Å². The van der Waals surface area contributed by atoms with E-state index in [9.17, 15) is 4.79 Å². The molecule has 2 aromatic rings. The van der Waals surface area contributed by atoms with Crippen LogP contribution in [-0.4, -0.2) is 53.5 Å². The molecule has 0 aliphatic carbocycles. The molecule has 1 saturated heterocycles. The second kappa shape index (κ2) is 9.27. The van der Waals surface area contributed by atoms with E-state index in [0.717, 1.165) is 50.5 Å². The monoisotopic (exact) mass is 398 g/mol. The van der Waals surface area contributed by atoms with Crippen molar-refractivity contribution in [3.8, 4) is 6.07 Å². The standard InChI is InChI=1S/C22H27ClN4O/c1-25-15-19(13-24)12-21(25)22(28)26(2)14-18-4-3-10-27(16-18)11-9-17-5-7-20(23)8-6-17/h5-8,12,15,18H,3-4,9-11,14,16H2,1-2H3/t18-/m1/s1. The summed E-state index contributed by atoms with van der Waals surface area (Å²) >= 11 is 5.96. The Morgan fingerprint density at radius 2 is 2.11 bits per heavy atom. The van der Waals surface area contributed by atoms with Gasteiger partial charge in [0.05, 0.1) is 5.56 Å². The number of hydrogen-bond acceptors (Lipinski definition) is 3. The molecule has 1 amide bonds. The molecule has 0 N–H and O–H groups in total. The summed E-state index contributed by atoms with van der Waals surface area (Å²) in [7, 11) is 3.66. The van der Waals surface area contributed by atoms with Crippen molar-refractivity contribution < 1.29 is 4.79 Å². The van der Waals surface area contributed by atoms with E-state index >= 15 is 0 Å². The van der Waals surface area contributed by atoms with Gasteiger partial charge in [-0.25, -0.2) is 0 Å². The largest absolute Gasteiger partial charge is 0.345 e. The van der Waals surface area contributed by atoms with E-state index in [0.29, 0.717) is 17.2 Å². The molecule has 1 aliphatic heterocycles. The van der Waals surface area contributed by atoms with Gasteiger partial charge in [0.2, 0.25) is 0 Å². The predicted molar refractivity (Wildman–Crippen MR) is 111 cm³/mol. The van der Waals surface area contributed by atoms with E-state index in [1.165, 1.54) is 5.56 Å². The van der Waals surface area contributed by atoms with Crippen molar-refractivity contribution in [1.29, 1.82) is 5.26 Å². The van der Waals surface area contributed by atoms with E-state index < -0.39 is 0 Å². The molecule has 1 aliphatic rings. The zero-order valence-corrected chi connectivity index (χ0v) is 17.3. The third-order valence-corrected chi connectivity index (χ3v) is 5.72. The molecule has 1 atom stereocenters. The maximum Gasteiger partial charge on any atom is 0.270 e. The van der Waals surface area contributed by atoms with Gasteiger partial charge in [-0.05, 0) is 55.5 Å². The van der Waals surface area contributed by atoms with Gasteiger partial charge in [0.25, 0.3) is 5.91 Å². The number of aryl methyl sites for hydroxylation is 1. The number of carbonyl (C=O) groups is 1. The van der Waals surface area contributed by atoms with Gasteiger partial charge in [0.1, 0.15) is 11.8 Å². The van der Waals surface area contributed by atoms with Crippen molar-refractivity contribution >= 4 is 17.5 Å². The Bertz CT molecular complexity index is 852.